The van der Waals surface area contributed by atoms with Crippen molar-refractivity contribution in [2.45, 2.75) is 6.92 Å². The molecule has 1 heterocycles. The molecule has 0 unspecified atom stereocenters. The van der Waals surface area contributed by atoms with E-state index in [1.165, 1.54) is 6.08 Å². The summed E-state index contributed by atoms with van der Waals surface area (Å²) < 4.78 is 12.2. The number of methoxy groups -OCH3 is 2. The standard InChI is InChI=1S/C15H16N2O4/c1-10-11(4-7-15(18)19)9-16-17(10)13-6-5-12(20-2)8-14(13)21-3/h4-9H,1-3H3,(H,18,19)/b7-4+. The van der Waals surface area contributed by atoms with Gasteiger partial charge < -0.3 is 14.6 Å². The number of rotatable bonds is 5. The summed E-state index contributed by atoms with van der Waals surface area (Å²) in [6.45, 7) is 1.86. The van der Waals surface area contributed by atoms with E-state index in [4.69, 9.17) is 14.6 Å². The second kappa shape index (κ2) is 6.13. The average Bonchev–Trinajstić information content (AvgIpc) is 2.85. The van der Waals surface area contributed by atoms with Crippen LogP contribution >= 0.6 is 0 Å². The molecule has 0 atom stereocenters. The molecule has 0 saturated heterocycles. The van der Waals surface area contributed by atoms with Gasteiger partial charge in [-0.1, -0.05) is 0 Å². The van der Waals surface area contributed by atoms with Gasteiger partial charge in [0.25, 0.3) is 0 Å². The first-order valence-electron chi connectivity index (χ1n) is 6.25. The van der Waals surface area contributed by atoms with E-state index in [1.54, 1.807) is 31.2 Å². The van der Waals surface area contributed by atoms with Crippen LogP contribution in [0.4, 0.5) is 0 Å². The summed E-state index contributed by atoms with van der Waals surface area (Å²) in [6, 6.07) is 5.41. The number of nitrogens with zero attached hydrogens (tertiary/aromatic N) is 2. The lowest BCUT2D eigenvalue weighted by molar-refractivity contribution is -0.131. The van der Waals surface area contributed by atoms with Crippen LogP contribution in [0.5, 0.6) is 11.5 Å². The Morgan fingerprint density at radius 2 is 2.10 bits per heavy atom. The molecule has 110 valence electrons. The summed E-state index contributed by atoms with van der Waals surface area (Å²) in [5.74, 6) is 0.310. The maximum absolute atomic E-state index is 10.6. The summed E-state index contributed by atoms with van der Waals surface area (Å²) >= 11 is 0. The maximum atomic E-state index is 10.6. The summed E-state index contributed by atoms with van der Waals surface area (Å²) in [5.41, 5.74) is 2.30. The topological polar surface area (TPSA) is 73.6 Å². The summed E-state index contributed by atoms with van der Waals surface area (Å²) in [5, 5.41) is 13.0. The predicted octanol–water partition coefficient (Wildman–Crippen LogP) is 2.30. The zero-order valence-corrected chi connectivity index (χ0v) is 12.0. The van der Waals surface area contributed by atoms with Crippen LogP contribution in [0.1, 0.15) is 11.3 Å². The molecule has 0 spiro atoms. The molecule has 0 saturated carbocycles. The van der Waals surface area contributed by atoms with Gasteiger partial charge in [-0.25, -0.2) is 9.48 Å². The van der Waals surface area contributed by atoms with Crippen LogP contribution in [-0.2, 0) is 4.79 Å². The third kappa shape index (κ3) is 3.05. The lowest BCUT2D eigenvalue weighted by Gasteiger charge is -2.11. The van der Waals surface area contributed by atoms with Crippen LogP contribution in [-0.4, -0.2) is 35.1 Å². The van der Waals surface area contributed by atoms with E-state index >= 15 is 0 Å². The molecule has 0 fully saturated rings. The number of hydrogen-bond acceptors (Lipinski definition) is 4. The van der Waals surface area contributed by atoms with Gasteiger partial charge in [0.2, 0.25) is 0 Å². The average molecular weight is 288 g/mol. The van der Waals surface area contributed by atoms with Crippen molar-refractivity contribution in [3.63, 3.8) is 0 Å². The lowest BCUT2D eigenvalue weighted by atomic mass is 10.2. The van der Waals surface area contributed by atoms with E-state index in [2.05, 4.69) is 5.10 Å². The highest BCUT2D eigenvalue weighted by Crippen LogP contribution is 2.29. The van der Waals surface area contributed by atoms with Crippen molar-refractivity contribution in [2.75, 3.05) is 14.2 Å². The molecule has 0 radical (unpaired) electrons. The molecule has 21 heavy (non-hydrogen) atoms. The van der Waals surface area contributed by atoms with Crippen molar-refractivity contribution < 1.29 is 19.4 Å². The van der Waals surface area contributed by atoms with Crippen LogP contribution < -0.4 is 9.47 Å². The summed E-state index contributed by atoms with van der Waals surface area (Å²) in [7, 11) is 3.16. The van der Waals surface area contributed by atoms with Crippen LogP contribution in [0.15, 0.2) is 30.5 Å². The van der Waals surface area contributed by atoms with Crippen molar-refractivity contribution in [2.24, 2.45) is 0 Å². The molecular formula is C15H16N2O4. The molecular weight excluding hydrogens is 272 g/mol. The fourth-order valence-corrected chi connectivity index (χ4v) is 1.95. The molecule has 6 nitrogen and oxygen atoms in total. The highest BCUT2D eigenvalue weighted by Gasteiger charge is 2.12. The molecule has 0 amide bonds. The van der Waals surface area contributed by atoms with E-state index < -0.39 is 5.97 Å². The Morgan fingerprint density at radius 1 is 1.33 bits per heavy atom. The van der Waals surface area contributed by atoms with Crippen molar-refractivity contribution in [1.82, 2.24) is 9.78 Å². The van der Waals surface area contributed by atoms with Gasteiger partial charge in [0.15, 0.2) is 0 Å². The highest BCUT2D eigenvalue weighted by atomic mass is 16.5. The number of hydrogen-bond donors (Lipinski definition) is 1. The predicted molar refractivity (Wildman–Crippen MR) is 78.1 cm³/mol. The van der Waals surface area contributed by atoms with Gasteiger partial charge in [0, 0.05) is 23.4 Å². The van der Waals surface area contributed by atoms with Crippen molar-refractivity contribution in [3.8, 4) is 17.2 Å². The fourth-order valence-electron chi connectivity index (χ4n) is 1.95. The number of aromatic nitrogens is 2. The van der Waals surface area contributed by atoms with Crippen LogP contribution in [0.2, 0.25) is 0 Å². The molecule has 0 aliphatic rings. The minimum absolute atomic E-state index is 0.620. The largest absolute Gasteiger partial charge is 0.497 e. The lowest BCUT2D eigenvalue weighted by Crippen LogP contribution is -2.02. The van der Waals surface area contributed by atoms with Crippen molar-refractivity contribution in [1.29, 1.82) is 0 Å². The monoisotopic (exact) mass is 288 g/mol. The van der Waals surface area contributed by atoms with Gasteiger partial charge in [0.1, 0.15) is 17.2 Å². The highest BCUT2D eigenvalue weighted by molar-refractivity contribution is 5.85. The van der Waals surface area contributed by atoms with Crippen LogP contribution in [0, 0.1) is 6.92 Å². The number of benzene rings is 1. The smallest absolute Gasteiger partial charge is 0.328 e. The molecule has 0 bridgehead atoms. The molecule has 0 aliphatic carbocycles. The molecule has 1 aromatic heterocycles. The van der Waals surface area contributed by atoms with Gasteiger partial charge in [-0.2, -0.15) is 5.10 Å². The molecule has 6 heteroatoms. The van der Waals surface area contributed by atoms with Gasteiger partial charge in [-0.15, -0.1) is 0 Å². The van der Waals surface area contributed by atoms with E-state index in [0.717, 1.165) is 23.0 Å². The second-order valence-electron chi connectivity index (χ2n) is 4.31. The Labute approximate surface area is 122 Å². The number of carboxylic acid groups (broad SMARTS) is 1. The molecule has 0 aliphatic heterocycles. The Bertz CT molecular complexity index is 689. The zero-order valence-electron chi connectivity index (χ0n) is 12.0. The summed E-state index contributed by atoms with van der Waals surface area (Å²) in [4.78, 5) is 10.6. The molecule has 1 N–H and O–H groups in total. The molecule has 2 aromatic rings. The minimum Gasteiger partial charge on any atom is -0.497 e. The Kier molecular flexibility index (Phi) is 4.27. The number of ether oxygens (including phenoxy) is 2. The first kappa shape index (κ1) is 14.6. The van der Waals surface area contributed by atoms with Gasteiger partial charge in [0.05, 0.1) is 20.4 Å². The normalized spacial score (nSPS) is 10.8. The Balaban J connectivity index is 2.45. The van der Waals surface area contributed by atoms with E-state index in [9.17, 15) is 4.79 Å². The van der Waals surface area contributed by atoms with Gasteiger partial charge in [-0.05, 0) is 25.1 Å². The van der Waals surface area contributed by atoms with Crippen molar-refractivity contribution >= 4 is 12.0 Å². The number of carboxylic acids is 1. The van der Waals surface area contributed by atoms with E-state index in [-0.39, 0.29) is 0 Å². The zero-order chi connectivity index (χ0) is 15.4. The Morgan fingerprint density at radius 3 is 2.71 bits per heavy atom. The fraction of sp³-hybridized carbons (Fsp3) is 0.200. The first-order chi connectivity index (χ1) is 10.1. The van der Waals surface area contributed by atoms with Gasteiger partial charge in [-0.3, -0.25) is 0 Å². The van der Waals surface area contributed by atoms with Crippen molar-refractivity contribution in [3.05, 3.63) is 41.7 Å². The first-order valence-corrected chi connectivity index (χ1v) is 6.25. The van der Waals surface area contributed by atoms with Crippen LogP contribution in [0.25, 0.3) is 11.8 Å². The van der Waals surface area contributed by atoms with E-state index in [1.807, 2.05) is 19.1 Å². The van der Waals surface area contributed by atoms with E-state index in [0.29, 0.717) is 11.5 Å². The number of aliphatic carboxylic acids is 1. The quantitative estimate of drug-likeness (QED) is 0.854. The SMILES string of the molecule is COc1ccc(-n2ncc(/C=C/C(=O)O)c2C)c(OC)c1. The van der Waals surface area contributed by atoms with Gasteiger partial charge >= 0.3 is 5.97 Å². The maximum Gasteiger partial charge on any atom is 0.328 e. The minimum atomic E-state index is -0.996. The van der Waals surface area contributed by atoms with Crippen LogP contribution in [0.3, 0.4) is 0 Å². The second-order valence-corrected chi connectivity index (χ2v) is 4.31. The summed E-state index contributed by atoms with van der Waals surface area (Å²) in [6.07, 6.45) is 4.20. The molecule has 1 aromatic carbocycles. The third-order valence-corrected chi connectivity index (χ3v) is 3.07. The third-order valence-electron chi connectivity index (χ3n) is 3.07. The Hall–Kier alpha value is -2.76. The molecule has 2 rings (SSSR count). The number of carbonyl (C=O) groups is 1.